The van der Waals surface area contributed by atoms with Gasteiger partial charge in [-0.05, 0) is 23.8 Å². The van der Waals surface area contributed by atoms with Gasteiger partial charge in [0.1, 0.15) is 0 Å². The zero-order chi connectivity index (χ0) is 13.2. The van der Waals surface area contributed by atoms with Crippen LogP contribution in [-0.2, 0) is 10.5 Å². The van der Waals surface area contributed by atoms with Crippen LogP contribution in [0.15, 0.2) is 48.5 Å². The highest BCUT2D eigenvalue weighted by Gasteiger charge is 2.14. The van der Waals surface area contributed by atoms with Crippen molar-refractivity contribution in [3.63, 3.8) is 0 Å². The monoisotopic (exact) mass is 267 g/mol. The maximum atomic E-state index is 12.6. The molecule has 0 aliphatic heterocycles. The predicted octanol–water partition coefficient (Wildman–Crippen LogP) is 2.53. The van der Waals surface area contributed by atoms with E-state index < -0.39 is 10.5 Å². The predicted molar refractivity (Wildman–Crippen MR) is 66.9 cm³/mol. The zero-order valence-corrected chi connectivity index (χ0v) is 10.0. The highest BCUT2D eigenvalue weighted by molar-refractivity contribution is 7.81. The summed E-state index contributed by atoms with van der Waals surface area (Å²) in [5.74, 6) is -0.0992. The summed E-state index contributed by atoms with van der Waals surface area (Å²) in [6, 6.07) is 13.1. The molecule has 0 atom stereocenters. The second kappa shape index (κ2) is 4.66. The summed E-state index contributed by atoms with van der Waals surface area (Å²) in [5.41, 5.74) is 7.16. The van der Waals surface area contributed by atoms with Crippen molar-refractivity contribution in [2.75, 3.05) is 5.73 Å². The van der Waals surface area contributed by atoms with Crippen molar-refractivity contribution in [3.8, 4) is 16.9 Å². The molecule has 0 saturated heterocycles. The van der Waals surface area contributed by atoms with Gasteiger partial charge in [0.2, 0.25) is 0 Å². The van der Waals surface area contributed by atoms with E-state index in [9.17, 15) is 12.3 Å². The van der Waals surface area contributed by atoms with Crippen LogP contribution in [0.1, 0.15) is 0 Å². The van der Waals surface area contributed by atoms with E-state index in [1.807, 2.05) is 6.07 Å². The molecule has 0 fully saturated rings. The molecule has 0 bridgehead atoms. The molecule has 0 heterocycles. The maximum Gasteiger partial charge on any atom is 0.488 e. The molecule has 6 heteroatoms. The van der Waals surface area contributed by atoms with Crippen LogP contribution in [0.2, 0.25) is 0 Å². The molecule has 0 aromatic heterocycles. The molecule has 94 valence electrons. The first-order chi connectivity index (χ1) is 8.46. The van der Waals surface area contributed by atoms with Gasteiger partial charge in [0, 0.05) is 11.3 Å². The lowest BCUT2D eigenvalue weighted by molar-refractivity contribution is 0.441. The Morgan fingerprint density at radius 1 is 1.06 bits per heavy atom. The molecule has 2 aromatic carbocycles. The fourth-order valence-corrected chi connectivity index (χ4v) is 1.93. The zero-order valence-electron chi connectivity index (χ0n) is 9.21. The van der Waals surface area contributed by atoms with E-state index in [2.05, 4.69) is 4.18 Å². The lowest BCUT2D eigenvalue weighted by Gasteiger charge is -2.09. The van der Waals surface area contributed by atoms with Gasteiger partial charge in [-0.25, -0.2) is 0 Å². The van der Waals surface area contributed by atoms with E-state index in [-0.39, 0.29) is 5.75 Å². The Morgan fingerprint density at radius 3 is 2.33 bits per heavy atom. The number of nitrogens with two attached hydrogens (primary N) is 1. The lowest BCUT2D eigenvalue weighted by Crippen LogP contribution is -2.02. The van der Waals surface area contributed by atoms with Crippen molar-refractivity contribution in [2.24, 2.45) is 0 Å². The average Bonchev–Trinajstić information content (AvgIpc) is 2.31. The normalized spacial score (nSPS) is 11.2. The summed E-state index contributed by atoms with van der Waals surface area (Å²) in [5, 5.41) is 0. The number of rotatable bonds is 3. The number of anilines is 1. The van der Waals surface area contributed by atoms with E-state index >= 15 is 0 Å². The average molecular weight is 267 g/mol. The second-order valence-electron chi connectivity index (χ2n) is 3.60. The molecule has 2 rings (SSSR count). The van der Waals surface area contributed by atoms with Crippen LogP contribution in [0.3, 0.4) is 0 Å². The largest absolute Gasteiger partial charge is 0.488 e. The van der Waals surface area contributed by atoms with Gasteiger partial charge in [-0.1, -0.05) is 34.2 Å². The number of hydrogen-bond donors (Lipinski definition) is 1. The van der Waals surface area contributed by atoms with Crippen molar-refractivity contribution >= 4 is 16.2 Å². The molecule has 0 aliphatic rings. The van der Waals surface area contributed by atoms with Crippen molar-refractivity contribution < 1.29 is 16.5 Å². The molecule has 2 aromatic rings. The first kappa shape index (κ1) is 12.4. The third kappa shape index (κ3) is 2.98. The summed E-state index contributed by atoms with van der Waals surface area (Å²) >= 11 is 0. The molecule has 0 amide bonds. The third-order valence-electron chi connectivity index (χ3n) is 2.28. The van der Waals surface area contributed by atoms with Gasteiger partial charge in [0.25, 0.3) is 0 Å². The van der Waals surface area contributed by atoms with E-state index in [0.29, 0.717) is 16.8 Å². The van der Waals surface area contributed by atoms with Crippen LogP contribution in [0.25, 0.3) is 11.1 Å². The first-order valence-electron chi connectivity index (χ1n) is 5.05. The number of hydrogen-bond acceptors (Lipinski definition) is 4. The van der Waals surface area contributed by atoms with E-state index in [4.69, 9.17) is 5.73 Å². The van der Waals surface area contributed by atoms with Gasteiger partial charge in [-0.15, -0.1) is 0 Å². The fraction of sp³-hybridized carbons (Fsp3) is 0. The number of halogens is 1. The Kier molecular flexibility index (Phi) is 3.20. The van der Waals surface area contributed by atoms with Crippen LogP contribution in [-0.4, -0.2) is 8.42 Å². The van der Waals surface area contributed by atoms with Gasteiger partial charge < -0.3 is 9.92 Å². The van der Waals surface area contributed by atoms with Crippen LogP contribution < -0.4 is 9.92 Å². The van der Waals surface area contributed by atoms with Gasteiger partial charge >= 0.3 is 10.5 Å². The molecule has 0 spiro atoms. The van der Waals surface area contributed by atoms with E-state index in [1.54, 1.807) is 24.3 Å². The second-order valence-corrected chi connectivity index (χ2v) is 4.55. The first-order valence-corrected chi connectivity index (χ1v) is 6.35. The molecule has 0 radical (unpaired) electrons. The topological polar surface area (TPSA) is 69.4 Å². The Balaban J connectivity index is 2.55. The molecule has 0 unspecified atom stereocenters. The van der Waals surface area contributed by atoms with Gasteiger partial charge in [0.05, 0.1) is 0 Å². The Bertz CT molecular complexity index is 656. The van der Waals surface area contributed by atoms with Gasteiger partial charge in [-0.2, -0.15) is 8.42 Å². The Hall–Kier alpha value is -2.08. The number of nitrogen functional groups attached to an aromatic ring is 1. The summed E-state index contributed by atoms with van der Waals surface area (Å²) in [7, 11) is -5.06. The van der Waals surface area contributed by atoms with E-state index in [0.717, 1.165) is 0 Å². The van der Waals surface area contributed by atoms with Crippen LogP contribution in [0.4, 0.5) is 9.57 Å². The molecule has 0 saturated carbocycles. The minimum Gasteiger partial charge on any atom is -0.399 e. The van der Waals surface area contributed by atoms with Crippen molar-refractivity contribution in [3.05, 3.63) is 48.5 Å². The fourth-order valence-electron chi connectivity index (χ4n) is 1.57. The highest BCUT2D eigenvalue weighted by atomic mass is 32.3. The molecule has 0 aliphatic carbocycles. The summed E-state index contributed by atoms with van der Waals surface area (Å²) in [4.78, 5) is 0. The van der Waals surface area contributed by atoms with Crippen LogP contribution in [0.5, 0.6) is 5.75 Å². The minimum absolute atomic E-state index is 0.0992. The molecule has 18 heavy (non-hydrogen) atoms. The highest BCUT2D eigenvalue weighted by Crippen LogP contribution is 2.32. The van der Waals surface area contributed by atoms with Gasteiger partial charge in [-0.3, -0.25) is 0 Å². The lowest BCUT2D eigenvalue weighted by atomic mass is 10.0. The summed E-state index contributed by atoms with van der Waals surface area (Å²) in [6.07, 6.45) is 0. The van der Waals surface area contributed by atoms with Gasteiger partial charge in [0.15, 0.2) is 5.75 Å². The van der Waals surface area contributed by atoms with Crippen molar-refractivity contribution in [2.45, 2.75) is 0 Å². The summed E-state index contributed by atoms with van der Waals surface area (Å²) in [6.45, 7) is 0. The molecule has 4 nitrogen and oxygen atoms in total. The molecular formula is C12H10FNO3S. The van der Waals surface area contributed by atoms with Crippen molar-refractivity contribution in [1.82, 2.24) is 0 Å². The smallest absolute Gasteiger partial charge is 0.399 e. The summed E-state index contributed by atoms with van der Waals surface area (Å²) < 4.78 is 38.0. The standard InChI is InChI=1S/C12H10FNO3S/c13-18(15,16)17-12-7-6-10(14)8-11(12)9-4-2-1-3-5-9/h1-8H,14H2. The molecular weight excluding hydrogens is 257 g/mol. The van der Waals surface area contributed by atoms with Crippen molar-refractivity contribution in [1.29, 1.82) is 0 Å². The SMILES string of the molecule is Nc1ccc(OS(=O)(=O)F)c(-c2ccccc2)c1. The quantitative estimate of drug-likeness (QED) is 0.685. The molecule has 2 N–H and O–H groups in total. The maximum absolute atomic E-state index is 12.6. The Morgan fingerprint density at radius 2 is 1.72 bits per heavy atom. The van der Waals surface area contributed by atoms with E-state index in [1.165, 1.54) is 18.2 Å². The minimum atomic E-state index is -5.06. The third-order valence-corrected chi connectivity index (χ3v) is 2.66. The van der Waals surface area contributed by atoms with Crippen LogP contribution in [0, 0.1) is 0 Å². The number of benzene rings is 2. The van der Waals surface area contributed by atoms with Crippen LogP contribution >= 0.6 is 0 Å². The Labute approximate surface area is 104 Å².